The number of aliphatic carboxylic acids is 1. The van der Waals surface area contributed by atoms with Gasteiger partial charge < -0.3 is 33.5 Å². The number of nitrogens with one attached hydrogen (secondary N) is 1. The number of halogens is 3. The van der Waals surface area contributed by atoms with E-state index in [2.05, 4.69) is 30.8 Å². The molecule has 2 N–H and O–H groups in total. The monoisotopic (exact) mass is 597 g/mol. The minimum atomic E-state index is -5.08. The molecule has 4 rings (SSSR count). The lowest BCUT2D eigenvalue weighted by atomic mass is 9.84. The first kappa shape index (κ1) is 32.2. The molecule has 0 bridgehead atoms. The number of ketones is 1. The van der Waals surface area contributed by atoms with Gasteiger partial charge in [-0.1, -0.05) is 20.8 Å². The second kappa shape index (κ2) is 12.7. The van der Waals surface area contributed by atoms with Crippen LogP contribution in [0, 0.1) is 5.41 Å². The number of morpholine rings is 1. The molecule has 0 amide bonds. The Morgan fingerprint density at radius 3 is 2.17 bits per heavy atom. The highest BCUT2D eigenvalue weighted by Gasteiger charge is 2.38. The second-order valence-electron chi connectivity index (χ2n) is 10.3. The molecule has 0 spiro atoms. The molecule has 2 aromatic heterocycles. The van der Waals surface area contributed by atoms with E-state index >= 15 is 0 Å². The first-order valence-corrected chi connectivity index (χ1v) is 12.8. The van der Waals surface area contributed by atoms with Gasteiger partial charge in [0.05, 0.1) is 52.3 Å². The number of aromatic nitrogens is 3. The van der Waals surface area contributed by atoms with E-state index in [0.717, 1.165) is 30.1 Å². The Balaban J connectivity index is 0.000000616. The van der Waals surface area contributed by atoms with Crippen LogP contribution < -0.4 is 24.7 Å². The molecule has 3 aromatic rings. The molecule has 230 valence electrons. The summed E-state index contributed by atoms with van der Waals surface area (Å²) < 4.78 is 56.7. The molecule has 3 heterocycles. The van der Waals surface area contributed by atoms with Crippen molar-refractivity contribution in [2.24, 2.45) is 0 Å². The summed E-state index contributed by atoms with van der Waals surface area (Å²) in [6.45, 7) is 9.00. The van der Waals surface area contributed by atoms with Gasteiger partial charge in [0.1, 0.15) is 5.75 Å². The minimum absolute atomic E-state index is 0.00864. The maximum absolute atomic E-state index is 13.5. The first-order valence-electron chi connectivity index (χ1n) is 12.8. The summed E-state index contributed by atoms with van der Waals surface area (Å²) in [5, 5.41) is 20.0. The highest BCUT2D eigenvalue weighted by atomic mass is 19.4. The molecule has 1 aromatic carbocycles. The van der Waals surface area contributed by atoms with Gasteiger partial charge in [0.2, 0.25) is 5.62 Å². The maximum atomic E-state index is 13.5. The predicted molar refractivity (Wildman–Crippen MR) is 145 cm³/mol. The van der Waals surface area contributed by atoms with Crippen molar-refractivity contribution in [3.05, 3.63) is 41.1 Å². The maximum Gasteiger partial charge on any atom is 0.490 e. The number of nitrogens with zero attached hydrogens (tertiary/aromatic N) is 4. The summed E-state index contributed by atoms with van der Waals surface area (Å²) in [5.74, 6) is -1.37. The summed E-state index contributed by atoms with van der Waals surface area (Å²) in [6.07, 6.45) is -3.37. The van der Waals surface area contributed by atoms with Crippen LogP contribution in [0.1, 0.15) is 36.7 Å². The lowest BCUT2D eigenvalue weighted by molar-refractivity contribution is -0.192. The van der Waals surface area contributed by atoms with Gasteiger partial charge in [-0.3, -0.25) is 10.2 Å². The van der Waals surface area contributed by atoms with Crippen LogP contribution in [-0.4, -0.2) is 84.8 Å². The zero-order valence-electron chi connectivity index (χ0n) is 24.2. The largest absolute Gasteiger partial charge is 0.494 e. The van der Waals surface area contributed by atoms with Crippen LogP contribution in [0.4, 0.5) is 18.9 Å². The summed E-state index contributed by atoms with van der Waals surface area (Å²) in [6, 6.07) is 5.54. The van der Waals surface area contributed by atoms with Crippen LogP contribution >= 0.6 is 0 Å². The van der Waals surface area contributed by atoms with E-state index in [9.17, 15) is 18.0 Å². The smallest absolute Gasteiger partial charge is 0.490 e. The molecular formula is C27H34F3N5O7. The quantitative estimate of drug-likeness (QED) is 0.393. The van der Waals surface area contributed by atoms with E-state index in [-0.39, 0.29) is 29.2 Å². The minimum Gasteiger partial charge on any atom is -0.494 e. The summed E-state index contributed by atoms with van der Waals surface area (Å²) in [7, 11) is 4.69. The predicted octanol–water partition coefficient (Wildman–Crippen LogP) is 3.29. The third kappa shape index (κ3) is 7.13. The van der Waals surface area contributed by atoms with Crippen molar-refractivity contribution >= 4 is 23.0 Å². The molecule has 0 saturated carbocycles. The molecule has 1 fully saturated rings. The molecule has 15 heteroatoms. The number of carboxylic acids is 1. The zero-order valence-corrected chi connectivity index (χ0v) is 24.2. The van der Waals surface area contributed by atoms with Gasteiger partial charge in [0.25, 0.3) is 5.88 Å². The number of hydrogen-bond donors (Lipinski definition) is 2. The van der Waals surface area contributed by atoms with Crippen molar-refractivity contribution in [2.45, 2.75) is 38.9 Å². The number of anilines is 1. The fourth-order valence-electron chi connectivity index (χ4n) is 4.30. The van der Waals surface area contributed by atoms with E-state index in [4.69, 9.17) is 34.3 Å². The number of benzene rings is 1. The Morgan fingerprint density at radius 1 is 1.05 bits per heavy atom. The van der Waals surface area contributed by atoms with Gasteiger partial charge in [-0.25, -0.2) is 4.79 Å². The molecule has 12 nitrogen and oxygen atoms in total. The van der Waals surface area contributed by atoms with Gasteiger partial charge in [-0.15, -0.1) is 5.10 Å². The van der Waals surface area contributed by atoms with E-state index in [1.807, 2.05) is 12.1 Å². The number of methoxy groups -OCH3 is 3. The Labute approximate surface area is 239 Å². The van der Waals surface area contributed by atoms with Crippen LogP contribution in [0.15, 0.2) is 24.4 Å². The Morgan fingerprint density at radius 2 is 1.67 bits per heavy atom. The van der Waals surface area contributed by atoms with Gasteiger partial charge in [-0.2, -0.15) is 17.7 Å². The van der Waals surface area contributed by atoms with Gasteiger partial charge in [0, 0.05) is 36.5 Å². The molecule has 0 atom stereocenters. The number of ether oxygens (including phenoxy) is 4. The third-order valence-corrected chi connectivity index (χ3v) is 6.41. The normalized spacial score (nSPS) is 13.8. The van der Waals surface area contributed by atoms with E-state index in [0.29, 0.717) is 30.0 Å². The fourth-order valence-corrected chi connectivity index (χ4v) is 4.30. The summed E-state index contributed by atoms with van der Waals surface area (Å²) in [4.78, 5) is 24.6. The first-order chi connectivity index (χ1) is 19.6. The average Bonchev–Trinajstić information content (AvgIpc) is 3.24. The standard InChI is InChI=1S/C25H33N5O5.C2HF3O2/c1-25(2,3)18-11-16(12-19(22(18)33-5)28-7-9-35-10-8-28)20(31)15-29-14-17-13-21(32-4)23(34-6)27-30(17)24(29)26;3-2(4,5)1(6)7/h11-14,26H,7-10,15H2,1-6H3;(H,6,7). The zero-order chi connectivity index (χ0) is 31.4. The molecule has 1 aliphatic heterocycles. The van der Waals surface area contributed by atoms with Crippen LogP contribution in [0.25, 0.3) is 5.52 Å². The van der Waals surface area contributed by atoms with Crippen LogP contribution in [0.3, 0.4) is 0 Å². The van der Waals surface area contributed by atoms with E-state index < -0.39 is 12.1 Å². The number of Topliss-reactive ketones (excluding diaryl/α,β-unsaturated/α-hetero) is 1. The van der Waals surface area contributed by atoms with Crippen molar-refractivity contribution in [3.63, 3.8) is 0 Å². The Hall–Kier alpha value is -4.27. The van der Waals surface area contributed by atoms with Crippen molar-refractivity contribution in [3.8, 4) is 17.4 Å². The molecular weight excluding hydrogens is 563 g/mol. The number of hydrogen-bond acceptors (Lipinski definition) is 9. The lowest BCUT2D eigenvalue weighted by Gasteiger charge is -2.33. The Kier molecular flexibility index (Phi) is 9.76. The SMILES string of the molecule is COc1cc2cn(CC(=O)c3cc(N4CCOCC4)c(OC)c(C(C)(C)C)c3)c(=N)n2nc1OC.O=C(O)C(F)(F)F. The molecule has 1 saturated heterocycles. The van der Waals surface area contributed by atoms with Crippen molar-refractivity contribution in [1.29, 1.82) is 5.41 Å². The molecule has 1 aliphatic rings. The van der Waals surface area contributed by atoms with E-state index in [1.165, 1.54) is 18.7 Å². The van der Waals surface area contributed by atoms with E-state index in [1.54, 1.807) is 23.9 Å². The topological polar surface area (TPSA) is 141 Å². The molecule has 0 radical (unpaired) electrons. The van der Waals surface area contributed by atoms with Gasteiger partial charge in [-0.05, 0) is 17.5 Å². The third-order valence-electron chi connectivity index (χ3n) is 6.41. The number of carbonyl (C=O) groups excluding carboxylic acids is 1. The highest BCUT2D eigenvalue weighted by molar-refractivity contribution is 5.98. The van der Waals surface area contributed by atoms with Crippen LogP contribution in [0.2, 0.25) is 0 Å². The van der Waals surface area contributed by atoms with Crippen LogP contribution in [-0.2, 0) is 21.5 Å². The number of imidazole rings is 1. The van der Waals surface area contributed by atoms with Crippen molar-refractivity contribution in [2.75, 3.05) is 52.5 Å². The second-order valence-corrected chi connectivity index (χ2v) is 10.3. The number of rotatable bonds is 7. The van der Waals surface area contributed by atoms with Crippen molar-refractivity contribution < 1.29 is 46.8 Å². The lowest BCUT2D eigenvalue weighted by Crippen LogP contribution is -2.37. The number of fused-ring (bicyclic) bond motifs is 1. The Bertz CT molecular complexity index is 1500. The number of carbonyl (C=O) groups is 2. The number of alkyl halides is 3. The average molecular weight is 598 g/mol. The summed E-state index contributed by atoms with van der Waals surface area (Å²) in [5.41, 5.74) is 2.87. The highest BCUT2D eigenvalue weighted by Crippen LogP contribution is 2.40. The molecule has 0 aliphatic carbocycles. The number of carboxylic acid groups (broad SMARTS) is 1. The molecule has 42 heavy (non-hydrogen) atoms. The van der Waals surface area contributed by atoms with Crippen LogP contribution in [0.5, 0.6) is 17.4 Å². The summed E-state index contributed by atoms with van der Waals surface area (Å²) >= 11 is 0. The van der Waals surface area contributed by atoms with Gasteiger partial charge in [0.15, 0.2) is 11.5 Å². The molecule has 0 unspecified atom stereocenters. The van der Waals surface area contributed by atoms with Crippen molar-refractivity contribution in [1.82, 2.24) is 14.2 Å². The van der Waals surface area contributed by atoms with Gasteiger partial charge >= 0.3 is 12.1 Å². The fraction of sp³-hybridized carbons (Fsp3) is 0.481.